The standard InChI is InChI=1S/C15H19N3OS/c1-10(2)17-15(19)16-9-13-11(3)18-14(20-13)12-7-5-4-6-8-12/h4-8,10H,9H2,1-3H3,(H2,16,17,19). The number of nitrogens with zero attached hydrogens (tertiary/aromatic N) is 1. The molecule has 2 aromatic rings. The van der Waals surface area contributed by atoms with Gasteiger partial charge < -0.3 is 10.6 Å². The molecule has 0 aliphatic rings. The van der Waals surface area contributed by atoms with Gasteiger partial charge in [0.15, 0.2) is 0 Å². The van der Waals surface area contributed by atoms with Crippen LogP contribution in [-0.2, 0) is 6.54 Å². The molecule has 4 nitrogen and oxygen atoms in total. The van der Waals surface area contributed by atoms with E-state index in [1.54, 1.807) is 11.3 Å². The number of benzene rings is 1. The van der Waals surface area contributed by atoms with Gasteiger partial charge in [-0.1, -0.05) is 30.3 Å². The van der Waals surface area contributed by atoms with Crippen molar-refractivity contribution in [2.75, 3.05) is 0 Å². The first-order chi connectivity index (χ1) is 9.56. The van der Waals surface area contributed by atoms with Gasteiger partial charge in [-0.05, 0) is 20.8 Å². The number of nitrogens with one attached hydrogen (secondary N) is 2. The molecule has 106 valence electrons. The van der Waals surface area contributed by atoms with E-state index in [4.69, 9.17) is 0 Å². The summed E-state index contributed by atoms with van der Waals surface area (Å²) in [6, 6.07) is 10.1. The zero-order chi connectivity index (χ0) is 14.5. The van der Waals surface area contributed by atoms with Crippen LogP contribution in [0.4, 0.5) is 4.79 Å². The summed E-state index contributed by atoms with van der Waals surface area (Å²) in [6.07, 6.45) is 0. The summed E-state index contributed by atoms with van der Waals surface area (Å²) in [6.45, 7) is 6.35. The van der Waals surface area contributed by atoms with E-state index in [2.05, 4.69) is 15.6 Å². The average molecular weight is 289 g/mol. The van der Waals surface area contributed by atoms with Gasteiger partial charge in [0, 0.05) is 16.5 Å². The van der Waals surface area contributed by atoms with Crippen LogP contribution < -0.4 is 10.6 Å². The molecule has 1 aromatic carbocycles. The van der Waals surface area contributed by atoms with E-state index in [0.29, 0.717) is 6.54 Å². The fourth-order valence-electron chi connectivity index (χ4n) is 1.77. The molecule has 0 unspecified atom stereocenters. The van der Waals surface area contributed by atoms with Gasteiger partial charge in [0.2, 0.25) is 0 Å². The Morgan fingerprint density at radius 2 is 2.00 bits per heavy atom. The fourth-order valence-corrected chi connectivity index (χ4v) is 2.78. The van der Waals surface area contributed by atoms with Crippen molar-refractivity contribution in [3.63, 3.8) is 0 Å². The Morgan fingerprint density at radius 1 is 1.30 bits per heavy atom. The first kappa shape index (κ1) is 14.5. The minimum absolute atomic E-state index is 0.137. The molecule has 0 bridgehead atoms. The van der Waals surface area contributed by atoms with E-state index in [0.717, 1.165) is 21.1 Å². The predicted molar refractivity (Wildman–Crippen MR) is 82.8 cm³/mol. The summed E-state index contributed by atoms with van der Waals surface area (Å²) in [4.78, 5) is 17.2. The summed E-state index contributed by atoms with van der Waals surface area (Å²) < 4.78 is 0. The monoisotopic (exact) mass is 289 g/mol. The van der Waals surface area contributed by atoms with Crippen LogP contribution in [0.1, 0.15) is 24.4 Å². The lowest BCUT2D eigenvalue weighted by Gasteiger charge is -2.09. The van der Waals surface area contributed by atoms with Crippen LogP contribution in [0.5, 0.6) is 0 Å². The predicted octanol–water partition coefficient (Wildman–Crippen LogP) is 3.33. The van der Waals surface area contributed by atoms with Crippen LogP contribution in [0.15, 0.2) is 30.3 Å². The zero-order valence-electron chi connectivity index (χ0n) is 11.9. The number of carbonyl (C=O) groups is 1. The highest BCUT2D eigenvalue weighted by atomic mass is 32.1. The van der Waals surface area contributed by atoms with E-state index >= 15 is 0 Å². The molecule has 5 heteroatoms. The van der Waals surface area contributed by atoms with Gasteiger partial charge in [-0.3, -0.25) is 0 Å². The molecule has 2 amide bonds. The lowest BCUT2D eigenvalue weighted by molar-refractivity contribution is 0.238. The lowest BCUT2D eigenvalue weighted by Crippen LogP contribution is -2.38. The maximum Gasteiger partial charge on any atom is 0.315 e. The second-order valence-electron chi connectivity index (χ2n) is 4.88. The van der Waals surface area contributed by atoms with Gasteiger partial charge in [-0.2, -0.15) is 0 Å². The van der Waals surface area contributed by atoms with Gasteiger partial charge in [0.25, 0.3) is 0 Å². The van der Waals surface area contributed by atoms with Gasteiger partial charge in [0.1, 0.15) is 5.01 Å². The molecule has 0 atom stereocenters. The molecule has 2 N–H and O–H groups in total. The summed E-state index contributed by atoms with van der Waals surface area (Å²) in [5, 5.41) is 6.65. The van der Waals surface area contributed by atoms with E-state index < -0.39 is 0 Å². The number of thiazole rings is 1. The topological polar surface area (TPSA) is 54.0 Å². The van der Waals surface area contributed by atoms with Crippen LogP contribution in [0.25, 0.3) is 10.6 Å². The number of hydrogen-bond donors (Lipinski definition) is 2. The van der Waals surface area contributed by atoms with Gasteiger partial charge in [-0.25, -0.2) is 9.78 Å². The Bertz CT molecular complexity index is 578. The molecule has 0 aliphatic carbocycles. The highest BCUT2D eigenvalue weighted by molar-refractivity contribution is 7.15. The van der Waals surface area contributed by atoms with Crippen LogP contribution in [-0.4, -0.2) is 17.1 Å². The Kier molecular flexibility index (Phi) is 4.74. The van der Waals surface area contributed by atoms with Gasteiger partial charge >= 0.3 is 6.03 Å². The van der Waals surface area contributed by atoms with Crippen molar-refractivity contribution in [3.8, 4) is 10.6 Å². The molecule has 2 rings (SSSR count). The average Bonchev–Trinajstić information content (AvgIpc) is 2.78. The number of rotatable bonds is 4. The van der Waals surface area contributed by atoms with Crippen LogP contribution in [0.3, 0.4) is 0 Å². The first-order valence-corrected chi connectivity index (χ1v) is 7.44. The number of amides is 2. The van der Waals surface area contributed by atoms with Crippen LogP contribution in [0, 0.1) is 6.92 Å². The summed E-state index contributed by atoms with van der Waals surface area (Å²) in [7, 11) is 0. The normalized spacial score (nSPS) is 10.6. The minimum Gasteiger partial charge on any atom is -0.336 e. The van der Waals surface area contributed by atoms with Gasteiger partial charge in [0.05, 0.1) is 12.2 Å². The molecule has 1 heterocycles. The van der Waals surface area contributed by atoms with E-state index in [1.165, 1.54) is 0 Å². The Labute approximate surface area is 123 Å². The number of urea groups is 1. The summed E-state index contributed by atoms with van der Waals surface area (Å²) >= 11 is 1.62. The van der Waals surface area contributed by atoms with Gasteiger partial charge in [-0.15, -0.1) is 11.3 Å². The second kappa shape index (κ2) is 6.52. The lowest BCUT2D eigenvalue weighted by atomic mass is 10.2. The second-order valence-corrected chi connectivity index (χ2v) is 5.96. The number of hydrogen-bond acceptors (Lipinski definition) is 3. The van der Waals surface area contributed by atoms with Crippen molar-refractivity contribution < 1.29 is 4.79 Å². The van der Waals surface area contributed by atoms with E-state index in [1.807, 2.05) is 51.1 Å². The van der Waals surface area contributed by atoms with E-state index in [9.17, 15) is 4.79 Å². The Hall–Kier alpha value is -1.88. The first-order valence-electron chi connectivity index (χ1n) is 6.62. The largest absolute Gasteiger partial charge is 0.336 e. The molecule has 0 radical (unpaired) electrons. The fraction of sp³-hybridized carbons (Fsp3) is 0.333. The van der Waals surface area contributed by atoms with Crippen LogP contribution >= 0.6 is 11.3 Å². The summed E-state index contributed by atoms with van der Waals surface area (Å²) in [5.41, 5.74) is 2.08. The molecule has 0 spiro atoms. The highest BCUT2D eigenvalue weighted by Crippen LogP contribution is 2.27. The molecule has 0 aliphatic heterocycles. The molecule has 0 saturated heterocycles. The molecule has 1 aromatic heterocycles. The third-order valence-electron chi connectivity index (χ3n) is 2.74. The van der Waals surface area contributed by atoms with Crippen molar-refractivity contribution in [3.05, 3.63) is 40.9 Å². The van der Waals surface area contributed by atoms with Crippen molar-refractivity contribution in [2.45, 2.75) is 33.4 Å². The maximum absolute atomic E-state index is 11.6. The molecule has 0 fully saturated rings. The van der Waals surface area contributed by atoms with Crippen molar-refractivity contribution >= 4 is 17.4 Å². The number of aromatic nitrogens is 1. The number of carbonyl (C=O) groups excluding carboxylic acids is 1. The third kappa shape index (κ3) is 3.81. The Balaban J connectivity index is 2.03. The zero-order valence-corrected chi connectivity index (χ0v) is 12.8. The highest BCUT2D eigenvalue weighted by Gasteiger charge is 2.10. The third-order valence-corrected chi connectivity index (χ3v) is 3.95. The number of aryl methyl sites for hydroxylation is 1. The summed E-state index contributed by atoms with van der Waals surface area (Å²) in [5.74, 6) is 0. The van der Waals surface area contributed by atoms with Crippen molar-refractivity contribution in [2.24, 2.45) is 0 Å². The van der Waals surface area contributed by atoms with Crippen LogP contribution in [0.2, 0.25) is 0 Å². The molecule has 20 heavy (non-hydrogen) atoms. The molecule has 0 saturated carbocycles. The minimum atomic E-state index is -0.144. The quantitative estimate of drug-likeness (QED) is 0.907. The van der Waals surface area contributed by atoms with Crippen molar-refractivity contribution in [1.29, 1.82) is 0 Å². The van der Waals surface area contributed by atoms with E-state index in [-0.39, 0.29) is 12.1 Å². The Morgan fingerprint density at radius 3 is 2.65 bits per heavy atom. The smallest absolute Gasteiger partial charge is 0.315 e. The van der Waals surface area contributed by atoms with Crippen molar-refractivity contribution in [1.82, 2.24) is 15.6 Å². The SMILES string of the molecule is Cc1nc(-c2ccccc2)sc1CNC(=O)NC(C)C. The molecular formula is C15H19N3OS. The maximum atomic E-state index is 11.6. The molecular weight excluding hydrogens is 270 g/mol.